The topological polar surface area (TPSA) is 73.8 Å². The molecule has 13 heavy (non-hydrogen) atoms. The molecule has 1 heterocycles. The maximum atomic E-state index is 11.3. The highest BCUT2D eigenvalue weighted by Gasteiger charge is 2.06. The van der Waals surface area contributed by atoms with E-state index >= 15 is 0 Å². The quantitative estimate of drug-likeness (QED) is 0.699. The van der Waals surface area contributed by atoms with E-state index < -0.39 is 10.8 Å². The summed E-state index contributed by atoms with van der Waals surface area (Å²) < 4.78 is 13.1. The predicted molar refractivity (Wildman–Crippen MR) is 51.5 cm³/mol. The van der Waals surface area contributed by atoms with E-state index in [0.717, 1.165) is 12.4 Å². The van der Waals surface area contributed by atoms with Crippen LogP contribution in [-0.2, 0) is 23.1 Å². The number of hydrogen-bond acceptors (Lipinski definition) is 4. The molecule has 1 aromatic rings. The number of hydrogen-bond donors (Lipinski definition) is 1. The van der Waals surface area contributed by atoms with Gasteiger partial charge in [-0.1, -0.05) is 0 Å². The molecule has 1 atom stereocenters. The molecule has 74 valence electrons. The van der Waals surface area contributed by atoms with Crippen molar-refractivity contribution >= 4 is 10.8 Å². The summed E-state index contributed by atoms with van der Waals surface area (Å²) in [5.41, 5.74) is 5.29. The fourth-order valence-electron chi connectivity index (χ4n) is 1.01. The van der Waals surface area contributed by atoms with E-state index in [0.29, 0.717) is 18.1 Å². The van der Waals surface area contributed by atoms with Gasteiger partial charge in [0.15, 0.2) is 0 Å². The van der Waals surface area contributed by atoms with Crippen LogP contribution in [0.3, 0.4) is 0 Å². The van der Waals surface area contributed by atoms with Crippen LogP contribution in [0.1, 0.15) is 12.7 Å². The molecule has 1 aromatic heterocycles. The molecule has 0 spiro atoms. The maximum Gasteiger partial charge on any atom is 0.139 e. The average molecular weight is 202 g/mol. The second-order valence-corrected chi connectivity index (χ2v) is 4.15. The van der Waals surface area contributed by atoms with Crippen molar-refractivity contribution in [1.82, 2.24) is 14.8 Å². The molecule has 0 aliphatic carbocycles. The van der Waals surface area contributed by atoms with Crippen LogP contribution in [0.5, 0.6) is 0 Å². The molecule has 0 radical (unpaired) electrons. The van der Waals surface area contributed by atoms with Gasteiger partial charge in [0.05, 0.1) is 5.75 Å². The Bertz CT molecular complexity index is 286. The third kappa shape index (κ3) is 2.89. The van der Waals surface area contributed by atoms with Crippen molar-refractivity contribution in [3.63, 3.8) is 0 Å². The molecule has 0 saturated carbocycles. The lowest BCUT2D eigenvalue weighted by Gasteiger charge is -2.01. The minimum atomic E-state index is -0.910. The number of aryl methyl sites for hydroxylation is 1. The first kappa shape index (κ1) is 10.3. The zero-order chi connectivity index (χ0) is 9.68. The van der Waals surface area contributed by atoms with Crippen molar-refractivity contribution in [3.8, 4) is 0 Å². The highest BCUT2D eigenvalue weighted by Crippen LogP contribution is 1.98. The molecule has 0 saturated heterocycles. The van der Waals surface area contributed by atoms with Crippen LogP contribution >= 0.6 is 0 Å². The van der Waals surface area contributed by atoms with E-state index in [4.69, 9.17) is 5.73 Å². The maximum absolute atomic E-state index is 11.3. The SMILES string of the molecule is CCn1ncnc1CS(=O)CCN. The molecule has 1 rings (SSSR count). The molecule has 0 aliphatic heterocycles. The van der Waals surface area contributed by atoms with Gasteiger partial charge in [0.25, 0.3) is 0 Å². The second kappa shape index (κ2) is 5.08. The third-order valence-electron chi connectivity index (χ3n) is 1.63. The average Bonchev–Trinajstić information content (AvgIpc) is 2.52. The van der Waals surface area contributed by atoms with Gasteiger partial charge in [0.2, 0.25) is 0 Å². The Morgan fingerprint density at radius 3 is 3.08 bits per heavy atom. The first-order chi connectivity index (χ1) is 6.27. The van der Waals surface area contributed by atoms with Gasteiger partial charge in [-0.25, -0.2) is 9.67 Å². The minimum Gasteiger partial charge on any atom is -0.330 e. The fourth-order valence-corrected chi connectivity index (χ4v) is 1.93. The summed E-state index contributed by atoms with van der Waals surface area (Å²) in [7, 11) is -0.910. The zero-order valence-electron chi connectivity index (χ0n) is 7.64. The van der Waals surface area contributed by atoms with Crippen LogP contribution < -0.4 is 5.73 Å². The Hall–Kier alpha value is -0.750. The summed E-state index contributed by atoms with van der Waals surface area (Å²) in [6.07, 6.45) is 1.48. The van der Waals surface area contributed by atoms with Crippen molar-refractivity contribution in [2.24, 2.45) is 5.73 Å². The predicted octanol–water partition coefficient (Wildman–Crippen LogP) is -0.495. The molecular weight excluding hydrogens is 188 g/mol. The number of rotatable bonds is 5. The Morgan fingerprint density at radius 1 is 1.69 bits per heavy atom. The first-order valence-electron chi connectivity index (χ1n) is 4.19. The number of aromatic nitrogens is 3. The summed E-state index contributed by atoms with van der Waals surface area (Å²) >= 11 is 0. The molecule has 0 fully saturated rings. The molecule has 0 aliphatic rings. The fraction of sp³-hybridized carbons (Fsp3) is 0.714. The van der Waals surface area contributed by atoms with Crippen LogP contribution in [-0.4, -0.2) is 31.3 Å². The third-order valence-corrected chi connectivity index (χ3v) is 2.90. The van der Waals surface area contributed by atoms with E-state index in [1.165, 1.54) is 6.33 Å². The lowest BCUT2D eigenvalue weighted by molar-refractivity contribution is 0.627. The highest BCUT2D eigenvalue weighted by molar-refractivity contribution is 7.84. The van der Waals surface area contributed by atoms with Gasteiger partial charge in [0, 0.05) is 29.6 Å². The lowest BCUT2D eigenvalue weighted by Crippen LogP contribution is -2.14. The summed E-state index contributed by atoms with van der Waals surface area (Å²) in [5, 5.41) is 3.99. The van der Waals surface area contributed by atoms with Gasteiger partial charge >= 0.3 is 0 Å². The van der Waals surface area contributed by atoms with Crippen LogP contribution in [0.15, 0.2) is 6.33 Å². The summed E-state index contributed by atoms with van der Waals surface area (Å²) in [6.45, 7) is 3.19. The monoisotopic (exact) mass is 202 g/mol. The van der Waals surface area contributed by atoms with Gasteiger partial charge in [-0.15, -0.1) is 0 Å². The van der Waals surface area contributed by atoms with E-state index in [9.17, 15) is 4.21 Å². The van der Waals surface area contributed by atoms with E-state index in [2.05, 4.69) is 10.1 Å². The molecular formula is C7H14N4OS. The Labute approximate surface area is 79.8 Å². The minimum absolute atomic E-state index is 0.449. The molecule has 2 N–H and O–H groups in total. The van der Waals surface area contributed by atoms with Crippen LogP contribution in [0, 0.1) is 0 Å². The van der Waals surface area contributed by atoms with Crippen molar-refractivity contribution in [2.45, 2.75) is 19.2 Å². The van der Waals surface area contributed by atoms with Crippen LogP contribution in [0.2, 0.25) is 0 Å². The molecule has 5 nitrogen and oxygen atoms in total. The van der Waals surface area contributed by atoms with Crippen LogP contribution in [0.25, 0.3) is 0 Å². The normalized spacial score (nSPS) is 13.1. The Morgan fingerprint density at radius 2 is 2.46 bits per heavy atom. The highest BCUT2D eigenvalue weighted by atomic mass is 32.2. The molecule has 0 amide bonds. The smallest absolute Gasteiger partial charge is 0.139 e. The largest absolute Gasteiger partial charge is 0.330 e. The molecule has 6 heteroatoms. The summed E-state index contributed by atoms with van der Waals surface area (Å²) in [5.74, 6) is 1.75. The van der Waals surface area contributed by atoms with Gasteiger partial charge in [0.1, 0.15) is 12.2 Å². The number of nitrogens with two attached hydrogens (primary N) is 1. The van der Waals surface area contributed by atoms with Gasteiger partial charge in [-0.3, -0.25) is 4.21 Å². The van der Waals surface area contributed by atoms with Crippen molar-refractivity contribution < 1.29 is 4.21 Å². The van der Waals surface area contributed by atoms with Gasteiger partial charge in [-0.05, 0) is 6.92 Å². The van der Waals surface area contributed by atoms with Gasteiger partial charge in [-0.2, -0.15) is 5.10 Å². The molecule has 1 unspecified atom stereocenters. The zero-order valence-corrected chi connectivity index (χ0v) is 8.46. The van der Waals surface area contributed by atoms with E-state index in [-0.39, 0.29) is 0 Å². The van der Waals surface area contributed by atoms with Crippen molar-refractivity contribution in [3.05, 3.63) is 12.2 Å². The van der Waals surface area contributed by atoms with Gasteiger partial charge < -0.3 is 5.73 Å². The Kier molecular flexibility index (Phi) is 4.04. The first-order valence-corrected chi connectivity index (χ1v) is 5.68. The standard InChI is InChI=1S/C7H14N4OS/c1-2-11-7(9-6-10-11)5-13(12)4-3-8/h6H,2-5,8H2,1H3. The van der Waals surface area contributed by atoms with E-state index in [1.807, 2.05) is 6.92 Å². The summed E-state index contributed by atoms with van der Waals surface area (Å²) in [4.78, 5) is 4.03. The Balaban J connectivity index is 2.57. The summed E-state index contributed by atoms with van der Waals surface area (Å²) in [6, 6.07) is 0. The van der Waals surface area contributed by atoms with E-state index in [1.54, 1.807) is 4.68 Å². The molecule has 0 bridgehead atoms. The second-order valence-electron chi connectivity index (χ2n) is 2.57. The number of nitrogens with zero attached hydrogens (tertiary/aromatic N) is 3. The van der Waals surface area contributed by atoms with Crippen molar-refractivity contribution in [2.75, 3.05) is 12.3 Å². The lowest BCUT2D eigenvalue weighted by atomic mass is 10.6. The van der Waals surface area contributed by atoms with Crippen LogP contribution in [0.4, 0.5) is 0 Å². The van der Waals surface area contributed by atoms with Crippen molar-refractivity contribution in [1.29, 1.82) is 0 Å². The molecule has 0 aromatic carbocycles.